The molecular weight excluding hydrogens is 298 g/mol. The van der Waals surface area contributed by atoms with Gasteiger partial charge in [-0.3, -0.25) is 9.59 Å². The van der Waals surface area contributed by atoms with Gasteiger partial charge in [-0.15, -0.1) is 0 Å². The van der Waals surface area contributed by atoms with Crippen molar-refractivity contribution in [2.24, 2.45) is 5.10 Å². The molecule has 0 heterocycles. The van der Waals surface area contributed by atoms with Crippen molar-refractivity contribution in [2.75, 3.05) is 7.11 Å². The molecule has 7 nitrogen and oxygen atoms in total. The summed E-state index contributed by atoms with van der Waals surface area (Å²) in [5.74, 6) is -1.54. The fraction of sp³-hybridized carbons (Fsp3) is 0.308. The smallest absolute Gasteiger partial charge is 0.329 e. The van der Waals surface area contributed by atoms with Gasteiger partial charge in [0.1, 0.15) is 0 Å². The van der Waals surface area contributed by atoms with Gasteiger partial charge in [0.15, 0.2) is 11.5 Å². The summed E-state index contributed by atoms with van der Waals surface area (Å²) in [4.78, 5) is 22.8. The van der Waals surface area contributed by atoms with Crippen molar-refractivity contribution < 1.29 is 19.4 Å². The highest BCUT2D eigenvalue weighted by Gasteiger charge is 2.26. The molecule has 1 aromatic rings. The number of hydrogen-bond acceptors (Lipinski definition) is 5. The molecule has 1 aliphatic rings. The minimum absolute atomic E-state index is 0.0913. The van der Waals surface area contributed by atoms with Crippen molar-refractivity contribution in [1.82, 2.24) is 10.7 Å². The number of phenols is 1. The highest BCUT2D eigenvalue weighted by Crippen LogP contribution is 2.34. The second-order valence-corrected chi connectivity index (χ2v) is 4.91. The maximum atomic E-state index is 11.4. The van der Waals surface area contributed by atoms with E-state index in [2.05, 4.69) is 15.8 Å². The fourth-order valence-electron chi connectivity index (χ4n) is 1.52. The van der Waals surface area contributed by atoms with Crippen LogP contribution in [0.4, 0.5) is 0 Å². The average Bonchev–Trinajstić information content (AvgIpc) is 3.26. The number of phenolic OH excluding ortho intramolecular Hbond substituents is 1. The molecule has 1 saturated carbocycles. The van der Waals surface area contributed by atoms with Gasteiger partial charge in [0.25, 0.3) is 0 Å². The van der Waals surface area contributed by atoms with Crippen LogP contribution in [0.2, 0.25) is 5.02 Å². The molecule has 2 amide bonds. The largest absolute Gasteiger partial charge is 0.503 e. The summed E-state index contributed by atoms with van der Waals surface area (Å²) in [5, 5.41) is 15.9. The van der Waals surface area contributed by atoms with Crippen LogP contribution >= 0.6 is 11.6 Å². The summed E-state index contributed by atoms with van der Waals surface area (Å²) in [6.45, 7) is 0. The molecule has 0 radical (unpaired) electrons. The standard InChI is InChI=1S/C13H14ClN3O4/c1-21-10-5-7(4-9(14)11(10)18)6-15-17-13(20)12(19)16-8-2-3-8/h4-6,8,18H,2-3H2,1H3,(H,16,19)(H,17,20)/b15-6-. The van der Waals surface area contributed by atoms with E-state index in [1.165, 1.54) is 25.5 Å². The number of hydrogen-bond donors (Lipinski definition) is 3. The third-order valence-electron chi connectivity index (χ3n) is 2.77. The van der Waals surface area contributed by atoms with Gasteiger partial charge < -0.3 is 15.2 Å². The Morgan fingerprint density at radius 3 is 2.76 bits per heavy atom. The van der Waals surface area contributed by atoms with E-state index in [0.717, 1.165) is 12.8 Å². The monoisotopic (exact) mass is 311 g/mol. The lowest BCUT2D eigenvalue weighted by molar-refractivity contribution is -0.139. The predicted octanol–water partition coefficient (Wildman–Crippen LogP) is 0.783. The molecule has 0 aliphatic heterocycles. The van der Waals surface area contributed by atoms with Crippen LogP contribution in [0.5, 0.6) is 11.5 Å². The van der Waals surface area contributed by atoms with Crippen LogP contribution in [-0.4, -0.2) is 36.3 Å². The van der Waals surface area contributed by atoms with Crippen LogP contribution in [0.15, 0.2) is 17.2 Å². The molecule has 8 heteroatoms. The molecule has 21 heavy (non-hydrogen) atoms. The summed E-state index contributed by atoms with van der Waals surface area (Å²) in [7, 11) is 1.39. The molecule has 0 unspecified atom stereocenters. The minimum Gasteiger partial charge on any atom is -0.503 e. The molecule has 112 valence electrons. The van der Waals surface area contributed by atoms with Crippen LogP contribution in [0, 0.1) is 0 Å². The molecule has 1 aromatic carbocycles. The maximum absolute atomic E-state index is 11.4. The van der Waals surface area contributed by atoms with Gasteiger partial charge in [0.2, 0.25) is 0 Å². The van der Waals surface area contributed by atoms with E-state index in [1.807, 2.05) is 0 Å². The Morgan fingerprint density at radius 1 is 1.43 bits per heavy atom. The van der Waals surface area contributed by atoms with Gasteiger partial charge in [-0.1, -0.05) is 11.6 Å². The summed E-state index contributed by atoms with van der Waals surface area (Å²) in [6, 6.07) is 3.04. The zero-order chi connectivity index (χ0) is 15.4. The summed E-state index contributed by atoms with van der Waals surface area (Å²) >= 11 is 5.81. The van der Waals surface area contributed by atoms with Gasteiger partial charge in [-0.2, -0.15) is 5.10 Å². The Morgan fingerprint density at radius 2 is 2.14 bits per heavy atom. The number of halogens is 1. The number of benzene rings is 1. The minimum atomic E-state index is -0.838. The third-order valence-corrected chi connectivity index (χ3v) is 3.06. The number of carbonyl (C=O) groups excluding carboxylic acids is 2. The Kier molecular flexibility index (Phi) is 4.64. The number of aromatic hydroxyl groups is 1. The molecular formula is C13H14ClN3O4. The quantitative estimate of drug-likeness (QED) is 0.434. The first kappa shape index (κ1) is 15.1. The molecule has 0 atom stereocenters. The molecule has 0 saturated heterocycles. The van der Waals surface area contributed by atoms with Crippen molar-refractivity contribution in [2.45, 2.75) is 18.9 Å². The van der Waals surface area contributed by atoms with Crippen LogP contribution in [0.25, 0.3) is 0 Å². The Labute approximate surface area is 125 Å². The zero-order valence-electron chi connectivity index (χ0n) is 11.2. The van der Waals surface area contributed by atoms with Crippen molar-refractivity contribution in [3.8, 4) is 11.5 Å². The number of methoxy groups -OCH3 is 1. The number of ether oxygens (including phenoxy) is 1. The second-order valence-electron chi connectivity index (χ2n) is 4.50. The first-order chi connectivity index (χ1) is 10.0. The van der Waals surface area contributed by atoms with Gasteiger partial charge in [0, 0.05) is 6.04 Å². The molecule has 3 N–H and O–H groups in total. The number of rotatable bonds is 4. The van der Waals surface area contributed by atoms with Crippen molar-refractivity contribution in [3.05, 3.63) is 22.7 Å². The van der Waals surface area contributed by atoms with E-state index < -0.39 is 11.8 Å². The summed E-state index contributed by atoms with van der Waals surface area (Å²) in [6.07, 6.45) is 3.08. The Balaban J connectivity index is 1.95. The van der Waals surface area contributed by atoms with Crippen molar-refractivity contribution in [3.63, 3.8) is 0 Å². The number of hydrazone groups is 1. The highest BCUT2D eigenvalue weighted by molar-refractivity contribution is 6.35. The Bertz CT molecular complexity index is 599. The fourth-order valence-corrected chi connectivity index (χ4v) is 1.74. The third kappa shape index (κ3) is 4.09. The average molecular weight is 312 g/mol. The lowest BCUT2D eigenvalue weighted by atomic mass is 10.2. The van der Waals surface area contributed by atoms with E-state index in [4.69, 9.17) is 16.3 Å². The van der Waals surface area contributed by atoms with Crippen LogP contribution in [0.1, 0.15) is 18.4 Å². The maximum Gasteiger partial charge on any atom is 0.329 e. The van der Waals surface area contributed by atoms with E-state index in [0.29, 0.717) is 5.56 Å². The van der Waals surface area contributed by atoms with Gasteiger partial charge in [0.05, 0.1) is 18.3 Å². The molecule has 1 fully saturated rings. The second kappa shape index (κ2) is 6.45. The molecule has 0 spiro atoms. The Hall–Kier alpha value is -2.28. The number of nitrogens with one attached hydrogen (secondary N) is 2. The summed E-state index contributed by atoms with van der Waals surface area (Å²) < 4.78 is 4.94. The normalized spacial score (nSPS) is 14.0. The van der Waals surface area contributed by atoms with E-state index in [1.54, 1.807) is 0 Å². The molecule has 0 aromatic heterocycles. The van der Waals surface area contributed by atoms with Crippen molar-refractivity contribution in [1.29, 1.82) is 0 Å². The number of carbonyl (C=O) groups is 2. The lowest BCUT2D eigenvalue weighted by Crippen LogP contribution is -2.38. The van der Waals surface area contributed by atoms with E-state index in [-0.39, 0.29) is 22.6 Å². The number of nitrogens with zero attached hydrogens (tertiary/aromatic N) is 1. The molecule has 1 aliphatic carbocycles. The van der Waals surface area contributed by atoms with Crippen molar-refractivity contribution >= 4 is 29.6 Å². The van der Waals surface area contributed by atoms with Crippen LogP contribution < -0.4 is 15.5 Å². The number of amides is 2. The summed E-state index contributed by atoms with van der Waals surface area (Å²) in [5.41, 5.74) is 2.61. The topological polar surface area (TPSA) is 100 Å². The molecule has 0 bridgehead atoms. The van der Waals surface area contributed by atoms with Gasteiger partial charge in [-0.05, 0) is 30.5 Å². The predicted molar refractivity (Wildman–Crippen MR) is 76.6 cm³/mol. The first-order valence-electron chi connectivity index (χ1n) is 6.21. The van der Waals surface area contributed by atoms with Crippen LogP contribution in [0.3, 0.4) is 0 Å². The van der Waals surface area contributed by atoms with E-state index in [9.17, 15) is 14.7 Å². The first-order valence-corrected chi connectivity index (χ1v) is 6.59. The SMILES string of the molecule is COc1cc(/C=N\NC(=O)C(=O)NC2CC2)cc(Cl)c1O. The zero-order valence-corrected chi connectivity index (χ0v) is 12.0. The van der Waals surface area contributed by atoms with Crippen LogP contribution in [-0.2, 0) is 9.59 Å². The van der Waals surface area contributed by atoms with Gasteiger partial charge >= 0.3 is 11.8 Å². The molecule has 2 rings (SSSR count). The van der Waals surface area contributed by atoms with Gasteiger partial charge in [-0.25, -0.2) is 5.43 Å². The van der Waals surface area contributed by atoms with E-state index >= 15 is 0 Å². The highest BCUT2D eigenvalue weighted by atomic mass is 35.5. The lowest BCUT2D eigenvalue weighted by Gasteiger charge is -2.06.